The van der Waals surface area contributed by atoms with E-state index in [9.17, 15) is 10.1 Å². The van der Waals surface area contributed by atoms with Crippen molar-refractivity contribution in [3.8, 4) is 17.3 Å². The maximum Gasteiger partial charge on any atom is 0.404 e. The van der Waals surface area contributed by atoms with Crippen LogP contribution < -0.4 is 5.32 Å². The first-order valence-electron chi connectivity index (χ1n) is 8.08. The van der Waals surface area contributed by atoms with Crippen LogP contribution in [0.3, 0.4) is 0 Å². The van der Waals surface area contributed by atoms with Gasteiger partial charge in [0.05, 0.1) is 11.6 Å². The molecule has 0 radical (unpaired) electrons. The van der Waals surface area contributed by atoms with Crippen LogP contribution in [0, 0.1) is 25.2 Å². The highest BCUT2D eigenvalue weighted by Crippen LogP contribution is 2.32. The van der Waals surface area contributed by atoms with Crippen LogP contribution >= 0.6 is 0 Å². The second-order valence-corrected chi connectivity index (χ2v) is 6.21. The van der Waals surface area contributed by atoms with E-state index in [0.717, 1.165) is 27.7 Å². The van der Waals surface area contributed by atoms with E-state index in [1.54, 1.807) is 6.07 Å². The molecule has 3 rings (SSSR count). The summed E-state index contributed by atoms with van der Waals surface area (Å²) in [4.78, 5) is 14.2. The predicted octanol–water partition coefficient (Wildman–Crippen LogP) is 4.13. The molecule has 25 heavy (non-hydrogen) atoms. The number of fused-ring (bicyclic) bond motifs is 1. The molecule has 1 heterocycles. The second-order valence-electron chi connectivity index (χ2n) is 6.21. The highest BCUT2D eigenvalue weighted by molar-refractivity contribution is 5.92. The van der Waals surface area contributed by atoms with Gasteiger partial charge in [0.1, 0.15) is 0 Å². The van der Waals surface area contributed by atoms with E-state index < -0.39 is 6.09 Å². The molecule has 0 atom stereocenters. The topological polar surface area (TPSA) is 88.9 Å². The van der Waals surface area contributed by atoms with Gasteiger partial charge in [-0.05, 0) is 61.7 Å². The average Bonchev–Trinajstić information content (AvgIpc) is 2.91. The molecule has 1 amide bonds. The van der Waals surface area contributed by atoms with Gasteiger partial charge in [0.15, 0.2) is 0 Å². The van der Waals surface area contributed by atoms with E-state index in [0.29, 0.717) is 18.5 Å². The highest BCUT2D eigenvalue weighted by Gasteiger charge is 2.14. The average molecular weight is 333 g/mol. The molecule has 0 aliphatic carbocycles. The van der Waals surface area contributed by atoms with Crippen LogP contribution in [-0.4, -0.2) is 22.7 Å². The van der Waals surface area contributed by atoms with E-state index in [2.05, 4.69) is 48.4 Å². The number of nitrogens with one attached hydrogen (secondary N) is 2. The number of aryl methyl sites for hydroxylation is 2. The van der Waals surface area contributed by atoms with Crippen molar-refractivity contribution >= 4 is 17.0 Å². The fraction of sp³-hybridized carbons (Fsp3) is 0.200. The van der Waals surface area contributed by atoms with Gasteiger partial charge in [0, 0.05) is 23.1 Å². The molecule has 0 aliphatic rings. The van der Waals surface area contributed by atoms with Crippen LogP contribution in [0.25, 0.3) is 22.2 Å². The molecule has 5 nitrogen and oxygen atoms in total. The second kappa shape index (κ2) is 6.70. The summed E-state index contributed by atoms with van der Waals surface area (Å²) in [6.07, 6.45) is -0.491. The first-order valence-corrected chi connectivity index (χ1v) is 8.08. The number of rotatable bonds is 4. The number of nitriles is 1. The fourth-order valence-corrected chi connectivity index (χ4v) is 3.24. The van der Waals surface area contributed by atoms with Crippen molar-refractivity contribution in [2.75, 3.05) is 6.54 Å². The van der Waals surface area contributed by atoms with E-state index in [-0.39, 0.29) is 0 Å². The van der Waals surface area contributed by atoms with Crippen LogP contribution in [0.4, 0.5) is 4.79 Å². The van der Waals surface area contributed by atoms with Gasteiger partial charge in [-0.3, -0.25) is 0 Å². The number of amides is 1. The third kappa shape index (κ3) is 3.48. The van der Waals surface area contributed by atoms with E-state index >= 15 is 0 Å². The number of aromatic amines is 1. The van der Waals surface area contributed by atoms with Gasteiger partial charge >= 0.3 is 6.09 Å². The third-order valence-electron chi connectivity index (χ3n) is 4.20. The maximum absolute atomic E-state index is 10.8. The molecule has 0 fully saturated rings. The quantitative estimate of drug-likeness (QED) is 0.670. The Kier molecular flexibility index (Phi) is 4.44. The number of hydrogen-bond acceptors (Lipinski definition) is 2. The SMILES string of the molecule is Cc1cc(C)cc(-c2[nH]c3ccc(C#N)cc3c2CCNC(=O)O)c1. The first kappa shape index (κ1) is 16.6. The normalized spacial score (nSPS) is 10.6. The Balaban J connectivity index is 2.15. The Morgan fingerprint density at radius 3 is 2.56 bits per heavy atom. The van der Waals surface area contributed by atoms with Gasteiger partial charge in [-0.2, -0.15) is 5.26 Å². The van der Waals surface area contributed by atoms with Gasteiger partial charge in [0.25, 0.3) is 0 Å². The number of hydrogen-bond donors (Lipinski definition) is 3. The fourth-order valence-electron chi connectivity index (χ4n) is 3.24. The molecule has 0 bridgehead atoms. The molecular formula is C20H19N3O2. The Bertz CT molecular complexity index is 976. The molecule has 0 unspecified atom stereocenters. The summed E-state index contributed by atoms with van der Waals surface area (Å²) in [6, 6.07) is 14.0. The summed E-state index contributed by atoms with van der Waals surface area (Å²) in [5.74, 6) is 0. The Labute approximate surface area is 145 Å². The zero-order valence-electron chi connectivity index (χ0n) is 14.2. The Morgan fingerprint density at radius 2 is 1.92 bits per heavy atom. The van der Waals surface area contributed by atoms with Crippen molar-refractivity contribution in [1.82, 2.24) is 10.3 Å². The molecule has 1 aromatic heterocycles. The number of benzene rings is 2. The van der Waals surface area contributed by atoms with Crippen LogP contribution in [0.5, 0.6) is 0 Å². The Morgan fingerprint density at radius 1 is 1.20 bits per heavy atom. The third-order valence-corrected chi connectivity index (χ3v) is 4.20. The van der Waals surface area contributed by atoms with Crippen molar-refractivity contribution < 1.29 is 9.90 Å². The van der Waals surface area contributed by atoms with Crippen LogP contribution in [0.1, 0.15) is 22.3 Å². The van der Waals surface area contributed by atoms with Crippen molar-refractivity contribution in [3.05, 3.63) is 58.7 Å². The van der Waals surface area contributed by atoms with Crippen LogP contribution in [0.15, 0.2) is 36.4 Å². The van der Waals surface area contributed by atoms with Gasteiger partial charge in [-0.15, -0.1) is 0 Å². The molecule has 0 saturated carbocycles. The van der Waals surface area contributed by atoms with Gasteiger partial charge in [-0.25, -0.2) is 4.79 Å². The first-order chi connectivity index (χ1) is 12.0. The molecule has 126 valence electrons. The largest absolute Gasteiger partial charge is 0.465 e. The van der Waals surface area contributed by atoms with E-state index in [1.807, 2.05) is 12.1 Å². The number of carboxylic acid groups (broad SMARTS) is 1. The molecule has 3 aromatic rings. The molecule has 0 saturated heterocycles. The van der Waals surface area contributed by atoms with Crippen molar-refractivity contribution in [2.24, 2.45) is 0 Å². The summed E-state index contributed by atoms with van der Waals surface area (Å²) in [5.41, 5.74) is 6.93. The minimum absolute atomic E-state index is 0.316. The van der Waals surface area contributed by atoms with Gasteiger partial charge < -0.3 is 15.4 Å². The van der Waals surface area contributed by atoms with Crippen molar-refractivity contribution in [3.63, 3.8) is 0 Å². The summed E-state index contributed by atoms with van der Waals surface area (Å²) < 4.78 is 0. The zero-order valence-corrected chi connectivity index (χ0v) is 14.2. The van der Waals surface area contributed by atoms with E-state index in [1.165, 1.54) is 11.1 Å². The van der Waals surface area contributed by atoms with Gasteiger partial charge in [0.2, 0.25) is 0 Å². The highest BCUT2D eigenvalue weighted by atomic mass is 16.4. The van der Waals surface area contributed by atoms with Crippen molar-refractivity contribution in [2.45, 2.75) is 20.3 Å². The smallest absolute Gasteiger partial charge is 0.404 e. The summed E-state index contributed by atoms with van der Waals surface area (Å²) in [6.45, 7) is 4.42. The molecular weight excluding hydrogens is 314 g/mol. The van der Waals surface area contributed by atoms with Gasteiger partial charge in [-0.1, -0.05) is 17.2 Å². The maximum atomic E-state index is 10.8. The number of nitrogens with zero attached hydrogens (tertiary/aromatic N) is 1. The number of carbonyl (C=O) groups is 1. The lowest BCUT2D eigenvalue weighted by molar-refractivity contribution is 0.194. The van der Waals surface area contributed by atoms with E-state index in [4.69, 9.17) is 5.11 Å². The number of aromatic nitrogens is 1. The molecule has 0 aliphatic heterocycles. The van der Waals surface area contributed by atoms with Crippen molar-refractivity contribution in [1.29, 1.82) is 5.26 Å². The molecule has 3 N–H and O–H groups in total. The standard InChI is InChI=1S/C20H19N3O2/c1-12-7-13(2)9-15(8-12)19-16(5-6-22-20(24)25)17-10-14(11-21)3-4-18(17)23-19/h3-4,7-10,22-23H,5-6H2,1-2H3,(H,24,25). The zero-order chi connectivity index (χ0) is 18.0. The molecule has 2 aromatic carbocycles. The van der Waals surface area contributed by atoms with Crippen LogP contribution in [-0.2, 0) is 6.42 Å². The minimum Gasteiger partial charge on any atom is -0.465 e. The number of H-pyrrole nitrogens is 1. The lowest BCUT2D eigenvalue weighted by Gasteiger charge is -2.08. The lowest BCUT2D eigenvalue weighted by atomic mass is 9.99. The predicted molar refractivity (Wildman–Crippen MR) is 97.7 cm³/mol. The molecule has 5 heteroatoms. The summed E-state index contributed by atoms with van der Waals surface area (Å²) >= 11 is 0. The Hall–Kier alpha value is -3.26. The molecule has 0 spiro atoms. The minimum atomic E-state index is -1.04. The summed E-state index contributed by atoms with van der Waals surface area (Å²) in [7, 11) is 0. The van der Waals surface area contributed by atoms with Crippen LogP contribution in [0.2, 0.25) is 0 Å². The monoisotopic (exact) mass is 333 g/mol. The lowest BCUT2D eigenvalue weighted by Crippen LogP contribution is -2.23. The summed E-state index contributed by atoms with van der Waals surface area (Å²) in [5, 5.41) is 21.4.